The van der Waals surface area contributed by atoms with Crippen LogP contribution in [0.5, 0.6) is 11.5 Å². The van der Waals surface area contributed by atoms with Gasteiger partial charge in [-0.2, -0.15) is 0 Å². The number of hydrogen-bond donors (Lipinski definition) is 1. The highest BCUT2D eigenvalue weighted by Crippen LogP contribution is 2.42. The van der Waals surface area contributed by atoms with Gasteiger partial charge in [0.05, 0.1) is 55.3 Å². The van der Waals surface area contributed by atoms with Gasteiger partial charge < -0.3 is 24.4 Å². The lowest BCUT2D eigenvalue weighted by Crippen LogP contribution is -2.30. The highest BCUT2D eigenvalue weighted by molar-refractivity contribution is 7.91. The van der Waals surface area contributed by atoms with Gasteiger partial charge in [0.15, 0.2) is 21.4 Å². The van der Waals surface area contributed by atoms with E-state index in [1.807, 2.05) is 6.07 Å². The smallest absolute Gasteiger partial charge is 0.251 e. The maximum absolute atomic E-state index is 15.2. The molecule has 2 aromatic carbocycles. The first kappa shape index (κ1) is 26.0. The van der Waals surface area contributed by atoms with E-state index in [0.29, 0.717) is 41.5 Å². The number of amides is 1. The molecule has 4 aromatic rings. The van der Waals surface area contributed by atoms with E-state index in [4.69, 9.17) is 19.2 Å². The minimum atomic E-state index is -3.53. The summed E-state index contributed by atoms with van der Waals surface area (Å²) in [6.07, 6.45) is 1.65. The summed E-state index contributed by atoms with van der Waals surface area (Å²) in [6.45, 7) is 1.15. The average molecular weight is 565 g/mol. The van der Waals surface area contributed by atoms with Gasteiger partial charge in [0.25, 0.3) is 5.91 Å². The van der Waals surface area contributed by atoms with Crippen molar-refractivity contribution in [2.45, 2.75) is 18.0 Å². The Bertz CT molecular complexity index is 1750. The number of carbonyl (C=O) groups excluding carboxylic acids is 1. The normalized spacial score (nSPS) is 15.9. The number of methoxy groups -OCH3 is 1. The SMILES string of the molecule is COc1ccc2c(c1F)N(c1ccc3cnc(CNC(=O)c4ccc5c(c4)S(=O)(=O)CCOC5)cc3n1)CCO2. The quantitative estimate of drug-likeness (QED) is 0.388. The molecule has 12 heteroatoms. The molecule has 1 amide bonds. The van der Waals surface area contributed by atoms with Crippen molar-refractivity contribution in [1.82, 2.24) is 15.3 Å². The third-order valence-electron chi connectivity index (χ3n) is 6.85. The summed E-state index contributed by atoms with van der Waals surface area (Å²) in [5, 5.41) is 3.57. The molecule has 10 nitrogen and oxygen atoms in total. The van der Waals surface area contributed by atoms with Crippen LogP contribution < -0.4 is 19.7 Å². The summed E-state index contributed by atoms with van der Waals surface area (Å²) < 4.78 is 56.5. The van der Waals surface area contributed by atoms with Gasteiger partial charge in [-0.1, -0.05) is 6.07 Å². The number of rotatable bonds is 5. The van der Waals surface area contributed by atoms with Crippen molar-refractivity contribution in [3.05, 3.63) is 77.4 Å². The highest BCUT2D eigenvalue weighted by Gasteiger charge is 2.27. The largest absolute Gasteiger partial charge is 0.494 e. The van der Waals surface area contributed by atoms with Crippen molar-refractivity contribution < 1.29 is 31.8 Å². The van der Waals surface area contributed by atoms with Crippen LogP contribution in [0.25, 0.3) is 10.9 Å². The summed E-state index contributed by atoms with van der Waals surface area (Å²) in [5.41, 5.74) is 2.19. The Morgan fingerprint density at radius 2 is 2.02 bits per heavy atom. The Balaban J connectivity index is 1.24. The average Bonchev–Trinajstić information content (AvgIpc) is 3.12. The zero-order valence-electron chi connectivity index (χ0n) is 21.5. The Kier molecular flexibility index (Phi) is 6.72. The number of anilines is 2. The van der Waals surface area contributed by atoms with Crippen molar-refractivity contribution in [2.75, 3.05) is 37.5 Å². The maximum Gasteiger partial charge on any atom is 0.251 e. The summed E-state index contributed by atoms with van der Waals surface area (Å²) >= 11 is 0. The van der Waals surface area contributed by atoms with Crippen molar-refractivity contribution in [1.29, 1.82) is 0 Å². The molecule has 0 bridgehead atoms. The zero-order chi connectivity index (χ0) is 27.9. The molecule has 0 spiro atoms. The van der Waals surface area contributed by atoms with Crippen molar-refractivity contribution in [3.8, 4) is 11.5 Å². The molecule has 2 aromatic heterocycles. The standard InChI is InChI=1S/C28H25FN4O6S/c1-37-22-5-6-23-27(26(22)29)33(8-9-39-23)25-7-4-18-14-30-20(13-21(18)32-25)15-31-28(34)17-2-3-19-16-38-10-11-40(35,36)24(19)12-17/h2-7,12-14H,8-11,15-16H2,1H3,(H,31,34). The molecule has 0 unspecified atom stereocenters. The van der Waals surface area contributed by atoms with E-state index in [2.05, 4.69) is 10.3 Å². The van der Waals surface area contributed by atoms with Gasteiger partial charge in [0, 0.05) is 17.1 Å². The number of fused-ring (bicyclic) bond motifs is 3. The van der Waals surface area contributed by atoms with E-state index in [9.17, 15) is 13.2 Å². The van der Waals surface area contributed by atoms with Crippen LogP contribution in [0, 0.1) is 5.82 Å². The summed E-state index contributed by atoms with van der Waals surface area (Å²) in [7, 11) is -2.13. The van der Waals surface area contributed by atoms with E-state index in [-0.39, 0.29) is 47.4 Å². The van der Waals surface area contributed by atoms with Crippen LogP contribution in [0.1, 0.15) is 21.6 Å². The summed E-state index contributed by atoms with van der Waals surface area (Å²) in [6, 6.07) is 13.2. The zero-order valence-corrected chi connectivity index (χ0v) is 22.3. The number of benzene rings is 2. The molecular weight excluding hydrogens is 539 g/mol. The van der Waals surface area contributed by atoms with Gasteiger partial charge in [0.2, 0.25) is 0 Å². The maximum atomic E-state index is 15.2. The van der Waals surface area contributed by atoms with Crippen LogP contribution in [0.3, 0.4) is 0 Å². The molecule has 206 valence electrons. The van der Waals surface area contributed by atoms with Crippen molar-refractivity contribution in [2.24, 2.45) is 0 Å². The first-order chi connectivity index (χ1) is 19.3. The fraction of sp³-hybridized carbons (Fsp3) is 0.250. The van der Waals surface area contributed by atoms with E-state index in [1.165, 1.54) is 19.2 Å². The monoisotopic (exact) mass is 564 g/mol. The molecule has 0 atom stereocenters. The van der Waals surface area contributed by atoms with Crippen LogP contribution in [-0.2, 0) is 27.7 Å². The minimum absolute atomic E-state index is 0.0971. The Morgan fingerprint density at radius 1 is 1.15 bits per heavy atom. The van der Waals surface area contributed by atoms with Gasteiger partial charge in [-0.3, -0.25) is 9.78 Å². The van der Waals surface area contributed by atoms with Gasteiger partial charge in [0.1, 0.15) is 23.9 Å². The third kappa shape index (κ3) is 4.80. The topological polar surface area (TPSA) is 120 Å². The second-order valence-electron chi connectivity index (χ2n) is 9.34. The van der Waals surface area contributed by atoms with Gasteiger partial charge in [-0.15, -0.1) is 0 Å². The molecule has 6 rings (SSSR count). The number of ether oxygens (including phenoxy) is 3. The predicted molar refractivity (Wildman–Crippen MR) is 144 cm³/mol. The molecule has 0 aliphatic carbocycles. The number of aromatic nitrogens is 2. The molecule has 4 heterocycles. The second kappa shape index (κ2) is 10.4. The molecule has 1 N–H and O–H groups in total. The Labute approximate surface area is 229 Å². The molecule has 0 saturated heterocycles. The van der Waals surface area contributed by atoms with E-state index in [1.54, 1.807) is 41.4 Å². The van der Waals surface area contributed by atoms with Crippen LogP contribution in [-0.4, -0.2) is 56.9 Å². The molecule has 2 aliphatic rings. The molecular formula is C28H25FN4O6S. The molecule has 2 aliphatic heterocycles. The number of nitrogens with zero attached hydrogens (tertiary/aromatic N) is 3. The number of nitrogens with one attached hydrogen (secondary N) is 1. The van der Waals surface area contributed by atoms with Gasteiger partial charge >= 0.3 is 0 Å². The molecule has 0 saturated carbocycles. The lowest BCUT2D eigenvalue weighted by atomic mass is 10.1. The van der Waals surface area contributed by atoms with Gasteiger partial charge in [-0.25, -0.2) is 17.8 Å². The number of pyridine rings is 2. The van der Waals surface area contributed by atoms with Gasteiger partial charge in [-0.05, 0) is 48.0 Å². The third-order valence-corrected chi connectivity index (χ3v) is 8.60. The highest BCUT2D eigenvalue weighted by atomic mass is 32.2. The number of halogens is 1. The first-order valence-electron chi connectivity index (χ1n) is 12.6. The number of sulfone groups is 1. The second-order valence-corrected chi connectivity index (χ2v) is 11.4. The van der Waals surface area contributed by atoms with Crippen molar-refractivity contribution in [3.63, 3.8) is 0 Å². The van der Waals surface area contributed by atoms with E-state index >= 15 is 4.39 Å². The van der Waals surface area contributed by atoms with Crippen molar-refractivity contribution >= 4 is 38.2 Å². The van der Waals surface area contributed by atoms with Crippen LogP contribution >= 0.6 is 0 Å². The lowest BCUT2D eigenvalue weighted by Gasteiger charge is -2.31. The van der Waals surface area contributed by atoms with E-state index in [0.717, 1.165) is 5.39 Å². The lowest BCUT2D eigenvalue weighted by molar-refractivity contribution is 0.0950. The molecule has 40 heavy (non-hydrogen) atoms. The Hall–Kier alpha value is -4.29. The minimum Gasteiger partial charge on any atom is -0.494 e. The van der Waals surface area contributed by atoms with E-state index < -0.39 is 21.6 Å². The number of carbonyl (C=O) groups is 1. The fourth-order valence-corrected chi connectivity index (χ4v) is 6.16. The summed E-state index contributed by atoms with van der Waals surface area (Å²) in [4.78, 5) is 23.9. The van der Waals surface area contributed by atoms with Crippen LogP contribution in [0.2, 0.25) is 0 Å². The predicted octanol–water partition coefficient (Wildman–Crippen LogP) is 3.54. The first-order valence-corrected chi connectivity index (χ1v) is 14.2. The molecule has 0 radical (unpaired) electrons. The number of hydrogen-bond acceptors (Lipinski definition) is 9. The van der Waals surface area contributed by atoms with Crippen LogP contribution in [0.15, 0.2) is 59.6 Å². The Morgan fingerprint density at radius 3 is 2.88 bits per heavy atom. The fourth-order valence-electron chi connectivity index (χ4n) is 4.77. The molecule has 0 fully saturated rings. The van der Waals surface area contributed by atoms with Crippen LogP contribution in [0.4, 0.5) is 15.9 Å². The summed E-state index contributed by atoms with van der Waals surface area (Å²) in [5.74, 6) is -0.0444.